The molecule has 0 saturated heterocycles. The number of carbonyl (C=O) groups excluding carboxylic acids is 1. The van der Waals surface area contributed by atoms with E-state index in [9.17, 15) is 13.2 Å². The first-order valence-electron chi connectivity index (χ1n) is 7.50. The van der Waals surface area contributed by atoms with Crippen molar-refractivity contribution in [3.8, 4) is 5.75 Å². The molecular formula is C17H18Cl2N2O4S. The second kappa shape index (κ2) is 8.26. The number of amides is 1. The quantitative estimate of drug-likeness (QED) is 0.784. The summed E-state index contributed by atoms with van der Waals surface area (Å²) >= 11 is 12.0. The summed E-state index contributed by atoms with van der Waals surface area (Å²) in [6.45, 7) is 0.235. The first-order chi connectivity index (χ1) is 12.2. The number of hydrogen-bond donors (Lipinski definition) is 1. The number of sulfonamides is 1. The van der Waals surface area contributed by atoms with Crippen LogP contribution in [0, 0.1) is 0 Å². The molecule has 0 unspecified atom stereocenters. The van der Waals surface area contributed by atoms with E-state index in [-0.39, 0.29) is 27.9 Å². The van der Waals surface area contributed by atoms with E-state index in [2.05, 4.69) is 4.72 Å². The normalized spacial score (nSPS) is 11.3. The molecule has 0 aliphatic heterocycles. The molecule has 0 aliphatic rings. The van der Waals surface area contributed by atoms with Gasteiger partial charge in [-0.05, 0) is 43.4 Å². The van der Waals surface area contributed by atoms with Gasteiger partial charge in [0.05, 0.1) is 12.1 Å². The standard InChI is InChI=1S/C17H18Cl2N2O4S/c1-20-26(23,24)16-9-11(4-6-14(16)19)17(22)21(2)10-12-8-13(18)5-7-15(12)25-3/h4-9,20H,10H2,1-3H3. The van der Waals surface area contributed by atoms with Crippen molar-refractivity contribution in [2.75, 3.05) is 21.2 Å². The van der Waals surface area contributed by atoms with Gasteiger partial charge in [-0.3, -0.25) is 4.79 Å². The number of carbonyl (C=O) groups is 1. The molecule has 140 valence electrons. The third-order valence-corrected chi connectivity index (χ3v) is 5.86. The van der Waals surface area contributed by atoms with Crippen molar-refractivity contribution in [2.45, 2.75) is 11.4 Å². The second-order valence-corrected chi connectivity index (χ2v) is 8.17. The lowest BCUT2D eigenvalue weighted by Crippen LogP contribution is -2.27. The van der Waals surface area contributed by atoms with Crippen molar-refractivity contribution in [3.63, 3.8) is 0 Å². The molecule has 0 bridgehead atoms. The molecular weight excluding hydrogens is 399 g/mol. The van der Waals surface area contributed by atoms with E-state index < -0.39 is 10.0 Å². The number of benzene rings is 2. The summed E-state index contributed by atoms with van der Waals surface area (Å²) in [7, 11) is 0.631. The van der Waals surface area contributed by atoms with Gasteiger partial charge in [0.2, 0.25) is 10.0 Å². The monoisotopic (exact) mass is 416 g/mol. The van der Waals surface area contributed by atoms with Crippen LogP contribution in [0.15, 0.2) is 41.3 Å². The molecule has 9 heteroatoms. The summed E-state index contributed by atoms with van der Waals surface area (Å²) in [4.78, 5) is 14.0. The minimum Gasteiger partial charge on any atom is -0.496 e. The van der Waals surface area contributed by atoms with E-state index in [1.807, 2.05) is 0 Å². The zero-order valence-electron chi connectivity index (χ0n) is 14.4. The van der Waals surface area contributed by atoms with E-state index in [0.29, 0.717) is 10.8 Å². The minimum atomic E-state index is -3.78. The third kappa shape index (κ3) is 4.48. The molecule has 6 nitrogen and oxygen atoms in total. The Morgan fingerprint density at radius 1 is 1.19 bits per heavy atom. The fourth-order valence-corrected chi connectivity index (χ4v) is 3.81. The number of nitrogens with zero attached hydrogens (tertiary/aromatic N) is 1. The average molecular weight is 417 g/mol. The van der Waals surface area contributed by atoms with Crippen LogP contribution in [0.1, 0.15) is 15.9 Å². The van der Waals surface area contributed by atoms with Crippen molar-refractivity contribution in [1.82, 2.24) is 9.62 Å². The Morgan fingerprint density at radius 3 is 2.50 bits per heavy atom. The number of halogens is 2. The third-order valence-electron chi connectivity index (χ3n) is 3.73. The minimum absolute atomic E-state index is 0.0371. The molecule has 0 heterocycles. The van der Waals surface area contributed by atoms with Crippen LogP contribution < -0.4 is 9.46 Å². The summed E-state index contributed by atoms with van der Waals surface area (Å²) in [5.41, 5.74) is 0.930. The second-order valence-electron chi connectivity index (χ2n) is 5.47. The number of ether oxygens (including phenoxy) is 1. The van der Waals surface area contributed by atoms with Gasteiger partial charge in [-0.2, -0.15) is 0 Å². The van der Waals surface area contributed by atoms with Gasteiger partial charge in [-0.15, -0.1) is 0 Å². The molecule has 2 aromatic rings. The lowest BCUT2D eigenvalue weighted by atomic mass is 10.1. The summed E-state index contributed by atoms with van der Waals surface area (Å²) < 4.78 is 31.5. The number of hydrogen-bond acceptors (Lipinski definition) is 4. The zero-order chi connectivity index (χ0) is 19.5. The van der Waals surface area contributed by atoms with Crippen LogP contribution in [-0.2, 0) is 16.6 Å². The number of methoxy groups -OCH3 is 1. The summed E-state index contributed by atoms with van der Waals surface area (Å²) in [6, 6.07) is 9.23. The summed E-state index contributed by atoms with van der Waals surface area (Å²) in [5.74, 6) is 0.236. The Morgan fingerprint density at radius 2 is 1.88 bits per heavy atom. The first kappa shape index (κ1) is 20.5. The van der Waals surface area contributed by atoms with Crippen molar-refractivity contribution in [3.05, 3.63) is 57.6 Å². The maximum Gasteiger partial charge on any atom is 0.253 e. The fraction of sp³-hybridized carbons (Fsp3) is 0.235. The smallest absolute Gasteiger partial charge is 0.253 e. The lowest BCUT2D eigenvalue weighted by Gasteiger charge is -2.19. The van der Waals surface area contributed by atoms with Gasteiger partial charge in [0.1, 0.15) is 10.6 Å². The van der Waals surface area contributed by atoms with Gasteiger partial charge in [0.25, 0.3) is 5.91 Å². The SMILES string of the molecule is CNS(=O)(=O)c1cc(C(=O)N(C)Cc2cc(Cl)ccc2OC)ccc1Cl. The van der Waals surface area contributed by atoms with Gasteiger partial charge in [0, 0.05) is 29.7 Å². The molecule has 0 fully saturated rings. The van der Waals surface area contributed by atoms with Gasteiger partial charge in [-0.1, -0.05) is 23.2 Å². The highest BCUT2D eigenvalue weighted by molar-refractivity contribution is 7.89. The number of nitrogens with one attached hydrogen (secondary N) is 1. The van der Waals surface area contributed by atoms with Crippen LogP contribution in [0.25, 0.3) is 0 Å². The Hall–Kier alpha value is -1.80. The van der Waals surface area contributed by atoms with Crippen molar-refractivity contribution in [2.24, 2.45) is 0 Å². The van der Waals surface area contributed by atoms with Crippen LogP contribution in [0.4, 0.5) is 0 Å². The molecule has 0 spiro atoms. The molecule has 2 rings (SSSR count). The van der Waals surface area contributed by atoms with Crippen molar-refractivity contribution >= 4 is 39.1 Å². The lowest BCUT2D eigenvalue weighted by molar-refractivity contribution is 0.0784. The highest BCUT2D eigenvalue weighted by atomic mass is 35.5. The maximum absolute atomic E-state index is 12.7. The fourth-order valence-electron chi connectivity index (χ4n) is 2.37. The largest absolute Gasteiger partial charge is 0.496 e. The molecule has 0 atom stereocenters. The van der Waals surface area contributed by atoms with Crippen molar-refractivity contribution < 1.29 is 17.9 Å². The Kier molecular flexibility index (Phi) is 6.52. The Labute approximate surface area is 162 Å². The van der Waals surface area contributed by atoms with E-state index >= 15 is 0 Å². The van der Waals surface area contributed by atoms with E-state index in [4.69, 9.17) is 27.9 Å². The molecule has 0 radical (unpaired) electrons. The van der Waals surface area contributed by atoms with Gasteiger partial charge in [-0.25, -0.2) is 13.1 Å². The van der Waals surface area contributed by atoms with E-state index in [0.717, 1.165) is 5.56 Å². The van der Waals surface area contributed by atoms with Crippen molar-refractivity contribution in [1.29, 1.82) is 0 Å². The van der Waals surface area contributed by atoms with Crippen LogP contribution in [0.5, 0.6) is 5.75 Å². The molecule has 1 amide bonds. The topological polar surface area (TPSA) is 75.7 Å². The predicted molar refractivity (Wildman–Crippen MR) is 101 cm³/mol. The van der Waals surface area contributed by atoms with Crippen LogP contribution in [0.3, 0.4) is 0 Å². The van der Waals surface area contributed by atoms with Crippen LogP contribution in [0.2, 0.25) is 10.0 Å². The maximum atomic E-state index is 12.7. The molecule has 0 aromatic heterocycles. The zero-order valence-corrected chi connectivity index (χ0v) is 16.7. The molecule has 0 saturated carbocycles. The summed E-state index contributed by atoms with van der Waals surface area (Å²) in [6.07, 6.45) is 0. The van der Waals surface area contributed by atoms with Gasteiger partial charge < -0.3 is 9.64 Å². The first-order valence-corrected chi connectivity index (χ1v) is 9.74. The molecule has 0 aliphatic carbocycles. The van der Waals surface area contributed by atoms with Crippen LogP contribution >= 0.6 is 23.2 Å². The molecule has 26 heavy (non-hydrogen) atoms. The average Bonchev–Trinajstić information content (AvgIpc) is 2.61. The highest BCUT2D eigenvalue weighted by Crippen LogP contribution is 2.26. The summed E-state index contributed by atoms with van der Waals surface area (Å²) in [5, 5.41) is 0.561. The predicted octanol–water partition coefficient (Wildman–Crippen LogP) is 3.18. The highest BCUT2D eigenvalue weighted by Gasteiger charge is 2.20. The molecule has 2 aromatic carbocycles. The van der Waals surface area contributed by atoms with Crippen LogP contribution in [-0.4, -0.2) is 40.4 Å². The molecule has 1 N–H and O–H groups in total. The number of rotatable bonds is 6. The van der Waals surface area contributed by atoms with Gasteiger partial charge in [0.15, 0.2) is 0 Å². The Balaban J connectivity index is 2.32. The van der Waals surface area contributed by atoms with Gasteiger partial charge >= 0.3 is 0 Å². The Bertz CT molecular complexity index is 932. The van der Waals surface area contributed by atoms with E-state index in [1.54, 1.807) is 25.2 Å². The van der Waals surface area contributed by atoms with E-state index in [1.165, 1.54) is 37.3 Å².